The molecule has 1 aromatic rings. The third-order valence-corrected chi connectivity index (χ3v) is 3.06. The molecule has 1 aromatic carbocycles. The van der Waals surface area contributed by atoms with Gasteiger partial charge in [0, 0.05) is 0 Å². The van der Waals surface area contributed by atoms with E-state index in [-0.39, 0.29) is 17.4 Å². The number of hydrogen-bond acceptors (Lipinski definition) is 5. The summed E-state index contributed by atoms with van der Waals surface area (Å²) in [6, 6.07) is 5.83. The number of hydrogen-bond donors (Lipinski definition) is 4. The number of rotatable bonds is 7. The normalized spacial score (nSPS) is 13.6. The molecular formula is C14H21N3O3. The molecule has 0 aromatic heterocycles. The number of benzene rings is 1. The maximum atomic E-state index is 12.0. The Balaban J connectivity index is 2.54. The van der Waals surface area contributed by atoms with Gasteiger partial charge >= 0.3 is 0 Å². The molecule has 110 valence electrons. The number of aromatic hydroxyl groups is 1. The zero-order valence-electron chi connectivity index (χ0n) is 11.9. The van der Waals surface area contributed by atoms with Crippen molar-refractivity contribution in [2.75, 3.05) is 7.05 Å². The number of carbonyl (C=O) groups excluding carboxylic acids is 2. The molecule has 1 rings (SSSR count). The van der Waals surface area contributed by atoms with Gasteiger partial charge in [-0.2, -0.15) is 0 Å². The van der Waals surface area contributed by atoms with E-state index in [0.717, 1.165) is 5.56 Å². The van der Waals surface area contributed by atoms with Gasteiger partial charge in [-0.05, 0) is 45.0 Å². The summed E-state index contributed by atoms with van der Waals surface area (Å²) in [4.78, 5) is 23.0. The molecule has 0 aliphatic rings. The molecule has 0 saturated heterocycles. The summed E-state index contributed by atoms with van der Waals surface area (Å²) >= 11 is 0. The lowest BCUT2D eigenvalue weighted by molar-refractivity contribution is -0.125. The zero-order chi connectivity index (χ0) is 15.1. The number of hydrazine groups is 1. The standard InChI is InChI=1S/C14H21N3O3/c1-9(10(2)18)16-17-14(20)13(15-3)8-11-4-6-12(19)7-5-11/h4-7,9,13,15-16,19H,8H2,1-3H3,(H,17,20). The molecule has 0 spiro atoms. The van der Waals surface area contributed by atoms with E-state index in [1.807, 2.05) is 0 Å². The number of likely N-dealkylation sites (N-methyl/N-ethyl adjacent to an activating group) is 1. The minimum absolute atomic E-state index is 0.0511. The molecule has 0 bridgehead atoms. The van der Waals surface area contributed by atoms with Gasteiger partial charge in [-0.1, -0.05) is 12.1 Å². The predicted octanol–water partition coefficient (Wildman–Crippen LogP) is 0.121. The van der Waals surface area contributed by atoms with Crippen molar-refractivity contribution in [2.24, 2.45) is 0 Å². The fourth-order valence-electron chi connectivity index (χ4n) is 1.56. The summed E-state index contributed by atoms with van der Waals surface area (Å²) in [6.07, 6.45) is 0.485. The molecule has 6 heteroatoms. The van der Waals surface area contributed by atoms with Gasteiger partial charge in [-0.15, -0.1) is 0 Å². The molecule has 20 heavy (non-hydrogen) atoms. The molecular weight excluding hydrogens is 258 g/mol. The Labute approximate surface area is 118 Å². The lowest BCUT2D eigenvalue weighted by Crippen LogP contribution is -2.53. The van der Waals surface area contributed by atoms with Crippen molar-refractivity contribution in [3.63, 3.8) is 0 Å². The largest absolute Gasteiger partial charge is 0.508 e. The summed E-state index contributed by atoms with van der Waals surface area (Å²) in [7, 11) is 1.69. The van der Waals surface area contributed by atoms with Crippen molar-refractivity contribution in [1.29, 1.82) is 0 Å². The number of phenols is 1. The van der Waals surface area contributed by atoms with Gasteiger partial charge in [0.1, 0.15) is 11.5 Å². The summed E-state index contributed by atoms with van der Waals surface area (Å²) in [5.74, 6) is -0.102. The van der Waals surface area contributed by atoms with Crippen molar-refractivity contribution in [2.45, 2.75) is 32.4 Å². The van der Waals surface area contributed by atoms with Gasteiger partial charge in [0.15, 0.2) is 0 Å². The van der Waals surface area contributed by atoms with Crippen LogP contribution in [0.5, 0.6) is 5.75 Å². The summed E-state index contributed by atoms with van der Waals surface area (Å²) in [6.45, 7) is 3.13. The number of amides is 1. The number of ketones is 1. The topological polar surface area (TPSA) is 90.5 Å². The smallest absolute Gasteiger partial charge is 0.251 e. The van der Waals surface area contributed by atoms with Crippen LogP contribution in [0, 0.1) is 0 Å². The van der Waals surface area contributed by atoms with Gasteiger partial charge in [-0.3, -0.25) is 15.0 Å². The average molecular weight is 279 g/mol. The van der Waals surface area contributed by atoms with Crippen LogP contribution in [0.25, 0.3) is 0 Å². The van der Waals surface area contributed by atoms with Crippen molar-refractivity contribution in [1.82, 2.24) is 16.2 Å². The average Bonchev–Trinajstić information content (AvgIpc) is 2.43. The van der Waals surface area contributed by atoms with Crippen molar-refractivity contribution >= 4 is 11.7 Å². The zero-order valence-corrected chi connectivity index (χ0v) is 11.9. The highest BCUT2D eigenvalue weighted by Gasteiger charge is 2.18. The van der Waals surface area contributed by atoms with Crippen LogP contribution in [0.15, 0.2) is 24.3 Å². The van der Waals surface area contributed by atoms with E-state index in [1.165, 1.54) is 6.92 Å². The van der Waals surface area contributed by atoms with Gasteiger partial charge in [0.2, 0.25) is 0 Å². The highest BCUT2D eigenvalue weighted by molar-refractivity contribution is 5.84. The van der Waals surface area contributed by atoms with Crippen molar-refractivity contribution in [3.05, 3.63) is 29.8 Å². The minimum Gasteiger partial charge on any atom is -0.508 e. The molecule has 6 nitrogen and oxygen atoms in total. The Morgan fingerprint density at radius 1 is 1.25 bits per heavy atom. The van der Waals surface area contributed by atoms with Crippen LogP contribution >= 0.6 is 0 Å². The predicted molar refractivity (Wildman–Crippen MR) is 76.1 cm³/mol. The van der Waals surface area contributed by atoms with Crippen LogP contribution in [0.1, 0.15) is 19.4 Å². The molecule has 0 aliphatic carbocycles. The molecule has 0 saturated carbocycles. The van der Waals surface area contributed by atoms with E-state index in [1.54, 1.807) is 38.2 Å². The molecule has 0 heterocycles. The molecule has 0 radical (unpaired) electrons. The molecule has 2 unspecified atom stereocenters. The maximum absolute atomic E-state index is 12.0. The lowest BCUT2D eigenvalue weighted by atomic mass is 10.1. The fraction of sp³-hybridized carbons (Fsp3) is 0.429. The molecule has 1 amide bonds. The second-order valence-electron chi connectivity index (χ2n) is 4.68. The van der Waals surface area contributed by atoms with Crippen LogP contribution in [-0.2, 0) is 16.0 Å². The summed E-state index contributed by atoms with van der Waals surface area (Å²) in [5.41, 5.74) is 6.11. The second kappa shape index (κ2) is 7.62. The van der Waals surface area contributed by atoms with E-state index < -0.39 is 12.1 Å². The Morgan fingerprint density at radius 3 is 2.35 bits per heavy atom. The first-order valence-electron chi connectivity index (χ1n) is 6.45. The maximum Gasteiger partial charge on any atom is 0.251 e. The highest BCUT2D eigenvalue weighted by Crippen LogP contribution is 2.11. The van der Waals surface area contributed by atoms with Crippen molar-refractivity contribution < 1.29 is 14.7 Å². The monoisotopic (exact) mass is 279 g/mol. The Hall–Kier alpha value is -1.92. The van der Waals surface area contributed by atoms with E-state index in [4.69, 9.17) is 0 Å². The van der Waals surface area contributed by atoms with Crippen LogP contribution in [0.4, 0.5) is 0 Å². The van der Waals surface area contributed by atoms with E-state index in [2.05, 4.69) is 16.2 Å². The van der Waals surface area contributed by atoms with Gasteiger partial charge < -0.3 is 10.4 Å². The van der Waals surface area contributed by atoms with Gasteiger partial charge in [0.25, 0.3) is 5.91 Å². The Bertz CT molecular complexity index is 459. The van der Waals surface area contributed by atoms with Crippen LogP contribution in [0.2, 0.25) is 0 Å². The van der Waals surface area contributed by atoms with E-state index in [9.17, 15) is 14.7 Å². The first-order chi connectivity index (χ1) is 9.43. The van der Waals surface area contributed by atoms with Crippen LogP contribution in [-0.4, -0.2) is 35.9 Å². The quantitative estimate of drug-likeness (QED) is 0.532. The minimum atomic E-state index is -0.426. The number of carbonyl (C=O) groups is 2. The van der Waals surface area contributed by atoms with E-state index in [0.29, 0.717) is 6.42 Å². The number of phenolic OH excluding ortho intramolecular Hbond substituents is 1. The fourth-order valence-corrected chi connectivity index (χ4v) is 1.56. The lowest BCUT2D eigenvalue weighted by Gasteiger charge is -2.18. The first kappa shape index (κ1) is 16.1. The van der Waals surface area contributed by atoms with Gasteiger partial charge in [0.05, 0.1) is 12.1 Å². The Morgan fingerprint density at radius 2 is 1.85 bits per heavy atom. The highest BCUT2D eigenvalue weighted by atomic mass is 16.3. The number of nitrogens with one attached hydrogen (secondary N) is 3. The third kappa shape index (κ3) is 4.99. The SMILES string of the molecule is CNC(Cc1ccc(O)cc1)C(=O)NNC(C)C(C)=O. The molecule has 2 atom stereocenters. The third-order valence-electron chi connectivity index (χ3n) is 3.06. The second-order valence-corrected chi connectivity index (χ2v) is 4.68. The van der Waals surface area contributed by atoms with Crippen LogP contribution < -0.4 is 16.2 Å². The van der Waals surface area contributed by atoms with E-state index >= 15 is 0 Å². The molecule has 0 fully saturated rings. The van der Waals surface area contributed by atoms with Gasteiger partial charge in [-0.25, -0.2) is 5.43 Å². The number of Topliss-reactive ketones (excluding diaryl/α,β-unsaturated/α-hetero) is 1. The Kier molecular flexibility index (Phi) is 6.14. The summed E-state index contributed by atoms with van der Waals surface area (Å²) in [5, 5.41) is 12.1. The molecule has 4 N–H and O–H groups in total. The van der Waals surface area contributed by atoms with Crippen LogP contribution in [0.3, 0.4) is 0 Å². The summed E-state index contributed by atoms with van der Waals surface area (Å²) < 4.78 is 0. The van der Waals surface area contributed by atoms with Crippen molar-refractivity contribution in [3.8, 4) is 5.75 Å². The first-order valence-corrected chi connectivity index (χ1v) is 6.45. The molecule has 0 aliphatic heterocycles.